The summed E-state index contributed by atoms with van der Waals surface area (Å²) >= 11 is 0. The molecule has 1 aliphatic rings. The Hall–Kier alpha value is -2.92. The first-order chi connectivity index (χ1) is 13.3. The number of likely N-dealkylation sites (tertiary alicyclic amines) is 1. The molecule has 0 bridgehead atoms. The van der Waals surface area contributed by atoms with Crippen molar-refractivity contribution in [2.24, 2.45) is 0 Å². The van der Waals surface area contributed by atoms with Crippen LogP contribution in [0.4, 0.5) is 0 Å². The van der Waals surface area contributed by atoms with Crippen molar-refractivity contribution in [1.29, 1.82) is 0 Å². The molecule has 0 aliphatic carbocycles. The second kappa shape index (κ2) is 8.18. The van der Waals surface area contributed by atoms with Crippen LogP contribution in [0.25, 0.3) is 5.69 Å². The molecular formula is C22H24N4O. The molecule has 1 N–H and O–H groups in total. The highest BCUT2D eigenvalue weighted by Gasteiger charge is 2.27. The van der Waals surface area contributed by atoms with E-state index < -0.39 is 0 Å². The van der Waals surface area contributed by atoms with Gasteiger partial charge in [-0.2, -0.15) is 5.10 Å². The number of nitrogens with one attached hydrogen (secondary N) is 1. The molecule has 1 aromatic heterocycles. The molecule has 27 heavy (non-hydrogen) atoms. The van der Waals surface area contributed by atoms with Crippen LogP contribution in [-0.4, -0.2) is 33.7 Å². The maximum absolute atomic E-state index is 13.0. The van der Waals surface area contributed by atoms with E-state index in [9.17, 15) is 4.79 Å². The molecule has 3 aromatic rings. The highest BCUT2D eigenvalue weighted by Crippen LogP contribution is 2.20. The minimum atomic E-state index is -0.329. The van der Waals surface area contributed by atoms with E-state index in [2.05, 4.69) is 10.4 Å². The average molecular weight is 360 g/mol. The van der Waals surface area contributed by atoms with Crippen LogP contribution in [0.1, 0.15) is 30.0 Å². The zero-order valence-electron chi connectivity index (χ0n) is 15.3. The Morgan fingerprint density at radius 1 is 1.00 bits per heavy atom. The van der Waals surface area contributed by atoms with Crippen molar-refractivity contribution in [3.63, 3.8) is 0 Å². The maximum Gasteiger partial charge on any atom is 0.244 e. The fraction of sp³-hybridized carbons (Fsp3) is 0.273. The molecule has 4 rings (SSSR count). The van der Waals surface area contributed by atoms with Crippen LogP contribution in [-0.2, 0) is 11.3 Å². The largest absolute Gasteiger partial charge is 0.341 e. The summed E-state index contributed by atoms with van der Waals surface area (Å²) in [6.07, 6.45) is 6.04. The van der Waals surface area contributed by atoms with Gasteiger partial charge in [-0.15, -0.1) is 0 Å². The second-order valence-corrected chi connectivity index (χ2v) is 6.89. The zero-order valence-corrected chi connectivity index (χ0v) is 15.3. The highest BCUT2D eigenvalue weighted by atomic mass is 16.2. The van der Waals surface area contributed by atoms with Gasteiger partial charge in [-0.3, -0.25) is 10.1 Å². The van der Waals surface area contributed by atoms with Crippen molar-refractivity contribution < 1.29 is 4.79 Å². The first-order valence-electron chi connectivity index (χ1n) is 9.47. The molecule has 1 fully saturated rings. The molecule has 1 atom stereocenters. The normalized spacial score (nSPS) is 15.0. The molecule has 0 unspecified atom stereocenters. The third-order valence-electron chi connectivity index (χ3n) is 4.96. The Labute approximate surface area is 159 Å². The number of hydrogen-bond donors (Lipinski definition) is 1. The van der Waals surface area contributed by atoms with Crippen LogP contribution in [0.3, 0.4) is 0 Å². The van der Waals surface area contributed by atoms with Gasteiger partial charge in [-0.1, -0.05) is 48.5 Å². The molecule has 1 aliphatic heterocycles. The van der Waals surface area contributed by atoms with Crippen LogP contribution in [0.15, 0.2) is 73.1 Å². The van der Waals surface area contributed by atoms with E-state index in [4.69, 9.17) is 0 Å². The Kier molecular flexibility index (Phi) is 5.30. The Morgan fingerprint density at radius 3 is 2.37 bits per heavy atom. The number of hydrogen-bond acceptors (Lipinski definition) is 3. The minimum Gasteiger partial charge on any atom is -0.341 e. The van der Waals surface area contributed by atoms with Crippen molar-refractivity contribution in [3.8, 4) is 5.69 Å². The lowest BCUT2D eigenvalue weighted by Crippen LogP contribution is -2.39. The molecule has 0 spiro atoms. The van der Waals surface area contributed by atoms with E-state index in [1.807, 2.05) is 82.6 Å². The smallest absolute Gasteiger partial charge is 0.244 e. The maximum atomic E-state index is 13.0. The van der Waals surface area contributed by atoms with Gasteiger partial charge < -0.3 is 4.90 Å². The van der Waals surface area contributed by atoms with Crippen molar-refractivity contribution >= 4 is 5.91 Å². The van der Waals surface area contributed by atoms with Gasteiger partial charge in [0.05, 0.1) is 11.9 Å². The molecule has 2 aromatic carbocycles. The van der Waals surface area contributed by atoms with Gasteiger partial charge >= 0.3 is 0 Å². The van der Waals surface area contributed by atoms with Crippen LogP contribution in [0.5, 0.6) is 0 Å². The van der Waals surface area contributed by atoms with Crippen molar-refractivity contribution in [2.75, 3.05) is 13.1 Å². The molecule has 1 amide bonds. The quantitative estimate of drug-likeness (QED) is 0.734. The topological polar surface area (TPSA) is 50.2 Å². The molecule has 2 heterocycles. The van der Waals surface area contributed by atoms with Crippen LogP contribution < -0.4 is 5.32 Å². The van der Waals surface area contributed by atoms with Gasteiger partial charge in [0.2, 0.25) is 5.91 Å². The van der Waals surface area contributed by atoms with Gasteiger partial charge in [-0.25, -0.2) is 4.68 Å². The number of aromatic nitrogens is 2. The summed E-state index contributed by atoms with van der Waals surface area (Å²) in [6.45, 7) is 2.30. The third kappa shape index (κ3) is 4.09. The van der Waals surface area contributed by atoms with Gasteiger partial charge in [-0.05, 0) is 30.5 Å². The average Bonchev–Trinajstić information content (AvgIpc) is 3.42. The van der Waals surface area contributed by atoms with Crippen LogP contribution >= 0.6 is 0 Å². The lowest BCUT2D eigenvalue weighted by Gasteiger charge is -2.24. The summed E-state index contributed by atoms with van der Waals surface area (Å²) in [5.74, 6) is 0.161. The molecule has 0 saturated carbocycles. The molecular weight excluding hydrogens is 336 g/mol. The van der Waals surface area contributed by atoms with Crippen molar-refractivity contribution in [2.45, 2.75) is 25.4 Å². The monoisotopic (exact) mass is 360 g/mol. The van der Waals surface area contributed by atoms with Gasteiger partial charge in [0.15, 0.2) is 0 Å². The number of nitrogens with zero attached hydrogens (tertiary/aromatic N) is 3. The lowest BCUT2D eigenvalue weighted by molar-refractivity contribution is -0.132. The number of carbonyl (C=O) groups excluding carboxylic acids is 1. The molecule has 5 nitrogen and oxygen atoms in total. The fourth-order valence-electron chi connectivity index (χ4n) is 3.51. The predicted molar refractivity (Wildman–Crippen MR) is 105 cm³/mol. The highest BCUT2D eigenvalue weighted by molar-refractivity contribution is 5.83. The number of carbonyl (C=O) groups is 1. The first kappa shape index (κ1) is 17.5. The number of para-hydroxylation sites is 1. The Bertz CT molecular complexity index is 870. The summed E-state index contributed by atoms with van der Waals surface area (Å²) in [5.41, 5.74) is 3.08. The fourth-order valence-corrected chi connectivity index (χ4v) is 3.51. The minimum absolute atomic E-state index is 0.161. The second-order valence-electron chi connectivity index (χ2n) is 6.89. The summed E-state index contributed by atoms with van der Waals surface area (Å²) in [4.78, 5) is 15.0. The lowest BCUT2D eigenvalue weighted by atomic mass is 10.1. The summed E-state index contributed by atoms with van der Waals surface area (Å²) < 4.78 is 1.86. The van der Waals surface area contributed by atoms with Gasteiger partial charge in [0.1, 0.15) is 6.04 Å². The van der Waals surface area contributed by atoms with Crippen LogP contribution in [0, 0.1) is 0 Å². The number of amides is 1. The SMILES string of the molecule is O=C([C@H](NCc1cnn(-c2ccccc2)c1)c1ccccc1)N1CCCC1. The van der Waals surface area contributed by atoms with Crippen LogP contribution in [0.2, 0.25) is 0 Å². The van der Waals surface area contributed by atoms with Gasteiger partial charge in [0.25, 0.3) is 0 Å². The number of benzene rings is 2. The third-order valence-corrected chi connectivity index (χ3v) is 4.96. The summed E-state index contributed by atoms with van der Waals surface area (Å²) in [6, 6.07) is 19.7. The standard InChI is InChI=1S/C22H24N4O/c27-22(25-13-7-8-14-25)21(19-9-3-1-4-10-19)23-15-18-16-24-26(17-18)20-11-5-2-6-12-20/h1-6,9-12,16-17,21,23H,7-8,13-15H2/t21-/m1/s1. The van der Waals surface area contributed by atoms with E-state index >= 15 is 0 Å². The van der Waals surface area contributed by atoms with E-state index in [0.29, 0.717) is 6.54 Å². The Balaban J connectivity index is 1.49. The first-order valence-corrected chi connectivity index (χ1v) is 9.47. The van der Waals surface area contributed by atoms with Crippen molar-refractivity contribution in [3.05, 3.63) is 84.2 Å². The van der Waals surface area contributed by atoms with E-state index in [1.54, 1.807) is 0 Å². The van der Waals surface area contributed by atoms with Gasteiger partial charge in [0, 0.05) is 31.4 Å². The van der Waals surface area contributed by atoms with E-state index in [-0.39, 0.29) is 11.9 Å². The predicted octanol–water partition coefficient (Wildman–Crippen LogP) is 3.33. The molecule has 5 heteroatoms. The summed E-state index contributed by atoms with van der Waals surface area (Å²) in [5, 5.41) is 7.89. The molecule has 1 saturated heterocycles. The van der Waals surface area contributed by atoms with E-state index in [0.717, 1.165) is 42.7 Å². The molecule has 0 radical (unpaired) electrons. The number of rotatable bonds is 6. The van der Waals surface area contributed by atoms with Crippen molar-refractivity contribution in [1.82, 2.24) is 20.0 Å². The Morgan fingerprint density at radius 2 is 1.67 bits per heavy atom. The van der Waals surface area contributed by atoms with E-state index in [1.165, 1.54) is 0 Å². The molecule has 138 valence electrons. The zero-order chi connectivity index (χ0) is 18.5. The summed E-state index contributed by atoms with van der Waals surface area (Å²) in [7, 11) is 0.